The minimum absolute atomic E-state index is 0.00926. The van der Waals surface area contributed by atoms with Crippen molar-refractivity contribution in [3.63, 3.8) is 0 Å². The molecule has 0 saturated carbocycles. The number of carbonyl (C=O) groups excluding carboxylic acids is 1. The lowest BCUT2D eigenvalue weighted by molar-refractivity contribution is 0.0122. The van der Waals surface area contributed by atoms with E-state index in [1.807, 2.05) is 30.6 Å². The monoisotopic (exact) mass is 658 g/mol. The Balaban J connectivity index is 1.28. The summed E-state index contributed by atoms with van der Waals surface area (Å²) in [6.07, 6.45) is 2.42. The SMILES string of the molecule is CC(C)(C)OC(=O)N1[C@@H]2CC[C@H]1CN(c1nc(OC[C@@]34CCCN3C[C@H](F)C4)nc3c(F)c(-c4cc(F)cc(N)c4Cl)ccc13)C2. The van der Waals surface area contributed by atoms with E-state index in [9.17, 15) is 13.6 Å². The maximum Gasteiger partial charge on any atom is 0.410 e. The fourth-order valence-electron chi connectivity index (χ4n) is 7.78. The maximum atomic E-state index is 16.5. The topological polar surface area (TPSA) is 97.0 Å². The molecule has 7 rings (SSSR count). The molecule has 3 aromatic rings. The minimum Gasteiger partial charge on any atom is -0.461 e. The summed E-state index contributed by atoms with van der Waals surface area (Å²) in [5, 5.41) is 0.465. The Kier molecular flexibility index (Phi) is 7.66. The van der Waals surface area contributed by atoms with Gasteiger partial charge in [-0.3, -0.25) is 9.80 Å². The lowest BCUT2D eigenvalue weighted by Crippen LogP contribution is -2.57. The number of alkyl halides is 1. The van der Waals surface area contributed by atoms with Crippen LogP contribution in [0.15, 0.2) is 24.3 Å². The molecule has 46 heavy (non-hydrogen) atoms. The normalized spacial score (nSPS) is 26.2. The third kappa shape index (κ3) is 5.46. The van der Waals surface area contributed by atoms with Crippen molar-refractivity contribution in [2.24, 2.45) is 0 Å². The fraction of sp³-hybridized carbons (Fsp3) is 0.545. The van der Waals surface area contributed by atoms with Crippen LogP contribution in [0.25, 0.3) is 22.0 Å². The van der Waals surface area contributed by atoms with E-state index in [0.29, 0.717) is 37.3 Å². The number of hydrogen-bond donors (Lipinski definition) is 1. The van der Waals surface area contributed by atoms with Gasteiger partial charge in [-0.05, 0) is 71.2 Å². The summed E-state index contributed by atoms with van der Waals surface area (Å²) < 4.78 is 57.3. The van der Waals surface area contributed by atoms with Crippen LogP contribution in [0.1, 0.15) is 52.9 Å². The van der Waals surface area contributed by atoms with E-state index in [1.165, 1.54) is 6.07 Å². The van der Waals surface area contributed by atoms with Crippen LogP contribution in [0.3, 0.4) is 0 Å². The number of piperazine rings is 1. The molecular weight excluding hydrogens is 621 g/mol. The first-order chi connectivity index (χ1) is 21.8. The zero-order valence-corrected chi connectivity index (χ0v) is 26.9. The van der Waals surface area contributed by atoms with Gasteiger partial charge in [0.2, 0.25) is 0 Å². The standard InChI is InChI=1S/C33H38ClF3N6O3/c1-32(2,3)46-31(44)43-20-5-6-21(43)16-41(15-20)29-23-8-7-22(24-11-18(35)12-25(38)26(24)34)27(37)28(23)39-30(40-29)45-17-33-9-4-10-42(33)14-19(36)13-33/h7-8,11-12,19-21H,4-6,9-10,13-17,38H2,1-3H3/t19-,20-,21+,33+/m1/s1. The Hall–Kier alpha value is -3.51. The maximum absolute atomic E-state index is 16.5. The molecule has 1 amide bonds. The van der Waals surface area contributed by atoms with Crippen molar-refractivity contribution < 1.29 is 27.4 Å². The number of anilines is 2. The van der Waals surface area contributed by atoms with E-state index >= 15 is 4.39 Å². The molecule has 4 aliphatic heterocycles. The van der Waals surface area contributed by atoms with Gasteiger partial charge < -0.3 is 20.1 Å². The molecule has 13 heteroatoms. The van der Waals surface area contributed by atoms with Gasteiger partial charge in [0.05, 0.1) is 28.3 Å². The lowest BCUT2D eigenvalue weighted by atomic mass is 9.95. The Bertz CT molecular complexity index is 1690. The molecule has 9 nitrogen and oxygen atoms in total. The molecule has 246 valence electrons. The number of nitrogens with two attached hydrogens (primary N) is 1. The number of halogens is 4. The number of rotatable bonds is 5. The molecule has 2 N–H and O–H groups in total. The van der Waals surface area contributed by atoms with Gasteiger partial charge in [0.1, 0.15) is 35.5 Å². The van der Waals surface area contributed by atoms with Gasteiger partial charge in [-0.15, -0.1) is 0 Å². The van der Waals surface area contributed by atoms with Gasteiger partial charge in [0.25, 0.3) is 0 Å². The predicted octanol–water partition coefficient (Wildman–Crippen LogP) is 6.35. The Labute approximate surface area is 270 Å². The zero-order valence-electron chi connectivity index (χ0n) is 26.2. The smallest absolute Gasteiger partial charge is 0.410 e. The van der Waals surface area contributed by atoms with E-state index in [0.717, 1.165) is 44.4 Å². The van der Waals surface area contributed by atoms with Crippen LogP contribution in [-0.4, -0.2) is 88.0 Å². The van der Waals surface area contributed by atoms with E-state index in [4.69, 9.17) is 31.8 Å². The molecule has 2 aromatic carbocycles. The van der Waals surface area contributed by atoms with Gasteiger partial charge in [-0.25, -0.2) is 18.0 Å². The number of amides is 1. The Morgan fingerprint density at radius 2 is 1.85 bits per heavy atom. The molecule has 4 atom stereocenters. The number of nitrogen functional groups attached to an aromatic ring is 1. The Morgan fingerprint density at radius 1 is 1.11 bits per heavy atom. The average Bonchev–Trinajstić information content (AvgIpc) is 3.60. The number of nitrogens with zero attached hydrogens (tertiary/aromatic N) is 5. The summed E-state index contributed by atoms with van der Waals surface area (Å²) in [7, 11) is 0. The van der Waals surface area contributed by atoms with Crippen molar-refractivity contribution >= 4 is 40.1 Å². The van der Waals surface area contributed by atoms with E-state index < -0.39 is 28.9 Å². The number of carbonyl (C=O) groups is 1. The summed E-state index contributed by atoms with van der Waals surface area (Å²) in [6, 6.07) is 5.16. The molecule has 4 fully saturated rings. The molecule has 0 unspecified atom stereocenters. The molecule has 1 aromatic heterocycles. The van der Waals surface area contributed by atoms with E-state index in [1.54, 1.807) is 6.07 Å². The van der Waals surface area contributed by atoms with Crippen LogP contribution in [0.5, 0.6) is 6.01 Å². The number of ether oxygens (including phenoxy) is 2. The van der Waals surface area contributed by atoms with E-state index in [2.05, 4.69) is 9.88 Å². The quantitative estimate of drug-likeness (QED) is 0.317. The zero-order chi connectivity index (χ0) is 32.5. The second-order valence-corrected chi connectivity index (χ2v) is 14.4. The summed E-state index contributed by atoms with van der Waals surface area (Å²) in [4.78, 5) is 28.4. The number of aromatic nitrogens is 2. The highest BCUT2D eigenvalue weighted by Gasteiger charge is 2.50. The minimum atomic E-state index is -0.933. The van der Waals surface area contributed by atoms with Crippen molar-refractivity contribution in [1.82, 2.24) is 19.8 Å². The number of fused-ring (bicyclic) bond motifs is 4. The van der Waals surface area contributed by atoms with Crippen molar-refractivity contribution in [2.75, 3.05) is 43.4 Å². The number of hydrogen-bond acceptors (Lipinski definition) is 8. The third-order valence-electron chi connectivity index (χ3n) is 9.74. The lowest BCUT2D eigenvalue weighted by Gasteiger charge is -2.42. The van der Waals surface area contributed by atoms with Crippen LogP contribution < -0.4 is 15.4 Å². The van der Waals surface area contributed by atoms with Gasteiger partial charge >= 0.3 is 12.1 Å². The second-order valence-electron chi connectivity index (χ2n) is 14.1. The van der Waals surface area contributed by atoms with Crippen LogP contribution in [0.2, 0.25) is 5.02 Å². The van der Waals surface area contributed by atoms with Gasteiger partial charge in [0.15, 0.2) is 5.82 Å². The Morgan fingerprint density at radius 3 is 2.57 bits per heavy atom. The first kappa shape index (κ1) is 31.1. The summed E-state index contributed by atoms with van der Waals surface area (Å²) >= 11 is 6.41. The van der Waals surface area contributed by atoms with Crippen LogP contribution in [0.4, 0.5) is 29.5 Å². The molecule has 0 spiro atoms. The average molecular weight is 659 g/mol. The summed E-state index contributed by atoms with van der Waals surface area (Å²) in [5.74, 6) is -0.907. The van der Waals surface area contributed by atoms with Crippen LogP contribution >= 0.6 is 11.6 Å². The highest BCUT2D eigenvalue weighted by atomic mass is 35.5. The third-order valence-corrected chi connectivity index (χ3v) is 10.2. The van der Waals surface area contributed by atoms with Crippen LogP contribution in [0, 0.1) is 11.6 Å². The fourth-order valence-corrected chi connectivity index (χ4v) is 7.99. The molecular formula is C33H38ClF3N6O3. The van der Waals surface area contributed by atoms with Crippen molar-refractivity contribution in [3.8, 4) is 17.1 Å². The van der Waals surface area contributed by atoms with Crippen LogP contribution in [-0.2, 0) is 4.74 Å². The first-order valence-electron chi connectivity index (χ1n) is 15.9. The largest absolute Gasteiger partial charge is 0.461 e. The van der Waals surface area contributed by atoms with Crippen molar-refractivity contribution in [1.29, 1.82) is 0 Å². The number of benzene rings is 2. The first-order valence-corrected chi connectivity index (χ1v) is 16.2. The van der Waals surface area contributed by atoms with Crippen molar-refractivity contribution in [3.05, 3.63) is 40.9 Å². The van der Waals surface area contributed by atoms with Gasteiger partial charge in [-0.2, -0.15) is 9.97 Å². The highest BCUT2D eigenvalue weighted by molar-refractivity contribution is 6.35. The van der Waals surface area contributed by atoms with E-state index in [-0.39, 0.29) is 58.1 Å². The molecule has 0 radical (unpaired) electrons. The molecule has 2 bridgehead atoms. The predicted molar refractivity (Wildman–Crippen MR) is 170 cm³/mol. The summed E-state index contributed by atoms with van der Waals surface area (Å²) in [5.41, 5.74) is 4.93. The molecule has 4 saturated heterocycles. The van der Waals surface area contributed by atoms with Gasteiger partial charge in [-0.1, -0.05) is 17.7 Å². The molecule has 0 aliphatic carbocycles. The van der Waals surface area contributed by atoms with Gasteiger partial charge in [0, 0.05) is 42.6 Å². The summed E-state index contributed by atoms with van der Waals surface area (Å²) in [6.45, 7) is 7.78. The molecule has 4 aliphatic rings. The highest BCUT2D eigenvalue weighted by Crippen LogP contribution is 2.43. The molecule has 5 heterocycles. The van der Waals surface area contributed by atoms with Crippen molar-refractivity contribution in [2.45, 2.75) is 82.3 Å². The second kappa shape index (κ2) is 11.3.